The van der Waals surface area contributed by atoms with Gasteiger partial charge in [0.2, 0.25) is 0 Å². The molecule has 1 aromatic heterocycles. The van der Waals surface area contributed by atoms with Crippen LogP contribution in [0.3, 0.4) is 0 Å². The molecule has 1 saturated heterocycles. The quantitative estimate of drug-likeness (QED) is 0.564. The largest absolute Gasteiger partial charge is 0.416 e. The van der Waals surface area contributed by atoms with Gasteiger partial charge >= 0.3 is 6.18 Å². The monoisotopic (exact) mass is 469 g/mol. The molecule has 0 atom stereocenters. The lowest BCUT2D eigenvalue weighted by Gasteiger charge is -2.34. The molecule has 2 aromatic carbocycles. The number of pyridine rings is 1. The number of hydrogen-bond acceptors (Lipinski definition) is 5. The van der Waals surface area contributed by atoms with Crippen molar-refractivity contribution in [1.82, 2.24) is 9.88 Å². The second-order valence-corrected chi connectivity index (χ2v) is 8.44. The fraction of sp³-hybridized carbons (Fsp3) is 0.280. The summed E-state index contributed by atoms with van der Waals surface area (Å²) < 4.78 is 39.1. The molecule has 0 aliphatic carbocycles. The van der Waals surface area contributed by atoms with E-state index in [1.165, 1.54) is 12.3 Å². The summed E-state index contributed by atoms with van der Waals surface area (Å²) in [4.78, 5) is 20.7. The maximum absolute atomic E-state index is 13.0. The van der Waals surface area contributed by atoms with Gasteiger partial charge < -0.3 is 20.9 Å². The molecule has 9 heteroatoms. The van der Waals surface area contributed by atoms with Crippen LogP contribution in [-0.2, 0) is 12.6 Å². The van der Waals surface area contributed by atoms with E-state index in [2.05, 4.69) is 27.1 Å². The molecule has 1 aliphatic heterocycles. The van der Waals surface area contributed by atoms with Crippen LogP contribution in [0.1, 0.15) is 27.2 Å². The van der Waals surface area contributed by atoms with Crippen LogP contribution >= 0.6 is 0 Å². The first-order chi connectivity index (χ1) is 16.2. The summed E-state index contributed by atoms with van der Waals surface area (Å²) in [5, 5.41) is 3.18. The van der Waals surface area contributed by atoms with Crippen molar-refractivity contribution in [3.8, 4) is 0 Å². The van der Waals surface area contributed by atoms with Gasteiger partial charge in [0.25, 0.3) is 5.91 Å². The molecule has 6 nitrogen and oxygen atoms in total. The molecule has 1 aliphatic rings. The number of benzene rings is 2. The highest BCUT2D eigenvalue weighted by Gasteiger charge is 2.30. The van der Waals surface area contributed by atoms with Crippen LogP contribution in [0.5, 0.6) is 0 Å². The SMILES string of the molecule is CN1CCN(c2ccc(Nc3cc(Cc4cccc(C(F)(F)F)c4)cnc3C(N)=O)cc2)CC1. The van der Waals surface area contributed by atoms with E-state index in [1.54, 1.807) is 12.1 Å². The van der Waals surface area contributed by atoms with E-state index >= 15 is 0 Å². The highest BCUT2D eigenvalue weighted by molar-refractivity contribution is 5.97. The lowest BCUT2D eigenvalue weighted by molar-refractivity contribution is -0.137. The molecule has 178 valence electrons. The first-order valence-corrected chi connectivity index (χ1v) is 10.9. The Kier molecular flexibility index (Phi) is 6.74. The third-order valence-corrected chi connectivity index (χ3v) is 5.86. The molecular weight excluding hydrogens is 443 g/mol. The zero-order valence-corrected chi connectivity index (χ0v) is 18.8. The van der Waals surface area contributed by atoms with Gasteiger partial charge in [-0.15, -0.1) is 0 Å². The standard InChI is InChI=1S/C25H26F3N5O/c1-32-9-11-33(12-10-32)21-7-5-20(6-8-21)31-22-15-18(16-30-23(22)24(29)34)13-17-3-2-4-19(14-17)25(26,27)28/h2-8,14-16,31H,9-13H2,1H3,(H2,29,34). The zero-order valence-electron chi connectivity index (χ0n) is 18.8. The topological polar surface area (TPSA) is 74.5 Å². The Morgan fingerprint density at radius 3 is 2.38 bits per heavy atom. The Morgan fingerprint density at radius 2 is 1.74 bits per heavy atom. The van der Waals surface area contributed by atoms with Crippen LogP contribution in [0.2, 0.25) is 0 Å². The lowest BCUT2D eigenvalue weighted by atomic mass is 10.0. The maximum atomic E-state index is 13.0. The van der Waals surface area contributed by atoms with E-state index in [-0.39, 0.29) is 12.1 Å². The number of primary amides is 1. The zero-order chi connectivity index (χ0) is 24.3. The number of halogens is 3. The minimum Gasteiger partial charge on any atom is -0.369 e. The molecule has 2 heterocycles. The lowest BCUT2D eigenvalue weighted by Crippen LogP contribution is -2.44. The smallest absolute Gasteiger partial charge is 0.369 e. The molecule has 0 unspecified atom stereocenters. The number of likely N-dealkylation sites (N-methyl/N-ethyl adjacent to an activating group) is 1. The molecule has 0 saturated carbocycles. The van der Waals surface area contributed by atoms with Gasteiger partial charge in [-0.25, -0.2) is 4.98 Å². The first-order valence-electron chi connectivity index (χ1n) is 10.9. The third kappa shape index (κ3) is 5.66. The van der Waals surface area contributed by atoms with Gasteiger partial charge in [-0.05, 0) is 61.0 Å². The Labute approximate surface area is 196 Å². The molecule has 3 N–H and O–H groups in total. The number of hydrogen-bond donors (Lipinski definition) is 2. The molecule has 34 heavy (non-hydrogen) atoms. The van der Waals surface area contributed by atoms with Crippen LogP contribution in [0, 0.1) is 0 Å². The summed E-state index contributed by atoms with van der Waals surface area (Å²) in [5.41, 5.74) is 8.27. The van der Waals surface area contributed by atoms with E-state index in [0.29, 0.717) is 16.8 Å². The number of piperazine rings is 1. The van der Waals surface area contributed by atoms with E-state index in [0.717, 1.165) is 49.7 Å². The molecule has 3 aromatic rings. The Morgan fingerprint density at radius 1 is 1.03 bits per heavy atom. The average molecular weight is 470 g/mol. The number of nitrogens with one attached hydrogen (secondary N) is 1. The summed E-state index contributed by atoms with van der Waals surface area (Å²) in [6.07, 6.45) is -2.72. The third-order valence-electron chi connectivity index (χ3n) is 5.86. The summed E-state index contributed by atoms with van der Waals surface area (Å²) >= 11 is 0. The molecule has 0 bridgehead atoms. The number of amides is 1. The number of rotatable bonds is 6. The molecule has 0 radical (unpaired) electrons. The molecule has 1 amide bonds. The Balaban J connectivity index is 1.53. The maximum Gasteiger partial charge on any atom is 0.416 e. The fourth-order valence-corrected chi connectivity index (χ4v) is 3.97. The van der Waals surface area contributed by atoms with Crippen LogP contribution in [0.4, 0.5) is 30.2 Å². The van der Waals surface area contributed by atoms with E-state index < -0.39 is 17.6 Å². The number of alkyl halides is 3. The molecule has 4 rings (SSSR count). The van der Waals surface area contributed by atoms with Crippen LogP contribution in [0.25, 0.3) is 0 Å². The number of aromatic nitrogens is 1. The predicted molar refractivity (Wildman–Crippen MR) is 126 cm³/mol. The van der Waals surface area contributed by atoms with Crippen LogP contribution in [-0.4, -0.2) is 49.0 Å². The number of nitrogens with zero attached hydrogens (tertiary/aromatic N) is 3. The second-order valence-electron chi connectivity index (χ2n) is 8.44. The number of carbonyl (C=O) groups is 1. The number of nitrogens with two attached hydrogens (primary N) is 1. The van der Waals surface area contributed by atoms with Crippen molar-refractivity contribution in [3.63, 3.8) is 0 Å². The summed E-state index contributed by atoms with van der Waals surface area (Å²) in [6, 6.07) is 14.7. The minimum absolute atomic E-state index is 0.0657. The molecular formula is C25H26F3N5O. The molecule has 1 fully saturated rings. The summed E-state index contributed by atoms with van der Waals surface area (Å²) in [7, 11) is 2.11. The normalized spacial score (nSPS) is 14.8. The van der Waals surface area contributed by atoms with Crippen molar-refractivity contribution < 1.29 is 18.0 Å². The van der Waals surface area contributed by atoms with Crippen molar-refractivity contribution in [2.45, 2.75) is 12.6 Å². The van der Waals surface area contributed by atoms with Crippen LogP contribution < -0.4 is 16.0 Å². The highest BCUT2D eigenvalue weighted by atomic mass is 19.4. The predicted octanol–water partition coefficient (Wildman–Crippen LogP) is 4.29. The van der Waals surface area contributed by atoms with Gasteiger partial charge in [0.05, 0.1) is 11.3 Å². The Hall–Kier alpha value is -3.59. The fourth-order valence-electron chi connectivity index (χ4n) is 3.97. The van der Waals surface area contributed by atoms with Crippen molar-refractivity contribution >= 4 is 23.0 Å². The summed E-state index contributed by atoms with van der Waals surface area (Å²) in [6.45, 7) is 3.92. The van der Waals surface area contributed by atoms with Crippen molar-refractivity contribution in [1.29, 1.82) is 0 Å². The molecule has 0 spiro atoms. The summed E-state index contributed by atoms with van der Waals surface area (Å²) in [5.74, 6) is -0.692. The van der Waals surface area contributed by atoms with Gasteiger partial charge in [-0.2, -0.15) is 13.2 Å². The number of carbonyl (C=O) groups excluding carboxylic acids is 1. The first kappa shape index (κ1) is 23.6. The van der Waals surface area contributed by atoms with Gasteiger partial charge in [0, 0.05) is 43.8 Å². The van der Waals surface area contributed by atoms with Gasteiger partial charge in [-0.1, -0.05) is 18.2 Å². The van der Waals surface area contributed by atoms with E-state index in [1.807, 2.05) is 24.3 Å². The second kappa shape index (κ2) is 9.72. The van der Waals surface area contributed by atoms with Gasteiger partial charge in [0.1, 0.15) is 0 Å². The minimum atomic E-state index is -4.41. The Bertz CT molecular complexity index is 1160. The average Bonchev–Trinajstić information content (AvgIpc) is 2.80. The van der Waals surface area contributed by atoms with E-state index in [4.69, 9.17) is 5.73 Å². The van der Waals surface area contributed by atoms with Gasteiger partial charge in [0.15, 0.2) is 5.69 Å². The van der Waals surface area contributed by atoms with Crippen molar-refractivity contribution in [2.24, 2.45) is 5.73 Å². The highest BCUT2D eigenvalue weighted by Crippen LogP contribution is 2.30. The van der Waals surface area contributed by atoms with Gasteiger partial charge in [-0.3, -0.25) is 4.79 Å². The van der Waals surface area contributed by atoms with E-state index in [9.17, 15) is 18.0 Å². The number of anilines is 3. The van der Waals surface area contributed by atoms with Crippen LogP contribution in [0.15, 0.2) is 60.8 Å². The van der Waals surface area contributed by atoms with Crippen molar-refractivity contribution in [3.05, 3.63) is 83.2 Å². The van der Waals surface area contributed by atoms with Crippen molar-refractivity contribution in [2.75, 3.05) is 43.4 Å².